The van der Waals surface area contributed by atoms with Gasteiger partial charge in [-0.15, -0.1) is 0 Å². The van der Waals surface area contributed by atoms with Crippen LogP contribution in [0.25, 0.3) is 11.5 Å². The van der Waals surface area contributed by atoms with Crippen molar-refractivity contribution >= 4 is 15.9 Å². The number of rotatable bonds is 7. The molecule has 0 spiro atoms. The molecule has 1 unspecified atom stereocenters. The smallest absolute Gasteiger partial charge is 0.259 e. The predicted octanol–water partition coefficient (Wildman–Crippen LogP) is 2.93. The number of methoxy groups -OCH3 is 1. The molecule has 0 saturated heterocycles. The lowest BCUT2D eigenvalue weighted by atomic mass is 10.2. The molecule has 7 heteroatoms. The molecule has 0 fully saturated rings. The Morgan fingerprint density at radius 3 is 2.95 bits per heavy atom. The van der Waals surface area contributed by atoms with Crippen LogP contribution in [0.2, 0.25) is 0 Å². The molecule has 1 aromatic heterocycles. The van der Waals surface area contributed by atoms with Gasteiger partial charge in [-0.2, -0.15) is 4.98 Å². The van der Waals surface area contributed by atoms with Crippen molar-refractivity contribution in [1.29, 1.82) is 0 Å². The van der Waals surface area contributed by atoms with Crippen LogP contribution in [0.3, 0.4) is 0 Å². The molecule has 1 atom stereocenters. The Balaban J connectivity index is 2.15. The summed E-state index contributed by atoms with van der Waals surface area (Å²) in [6.45, 7) is 3.07. The second kappa shape index (κ2) is 7.53. The molecule has 1 aromatic carbocycles. The van der Waals surface area contributed by atoms with E-state index in [2.05, 4.69) is 26.1 Å². The van der Waals surface area contributed by atoms with Crippen LogP contribution in [0.15, 0.2) is 27.2 Å². The molecular weight excluding hydrogens is 338 g/mol. The van der Waals surface area contributed by atoms with Crippen LogP contribution in [0.5, 0.6) is 5.75 Å². The number of hydrogen-bond acceptors (Lipinski definition) is 6. The minimum atomic E-state index is -0.404. The van der Waals surface area contributed by atoms with Crippen LogP contribution >= 0.6 is 15.9 Å². The van der Waals surface area contributed by atoms with Crippen molar-refractivity contribution in [2.75, 3.05) is 20.3 Å². The number of nitrogens with zero attached hydrogens (tertiary/aromatic N) is 2. The van der Waals surface area contributed by atoms with Gasteiger partial charge in [0.15, 0.2) is 5.82 Å². The second-order valence-electron chi connectivity index (χ2n) is 4.48. The molecule has 114 valence electrons. The number of halogens is 1. The molecule has 0 radical (unpaired) electrons. The summed E-state index contributed by atoms with van der Waals surface area (Å²) in [5.41, 5.74) is 6.73. The highest BCUT2D eigenvalue weighted by Gasteiger charge is 2.17. The van der Waals surface area contributed by atoms with Crippen LogP contribution < -0.4 is 10.5 Å². The van der Waals surface area contributed by atoms with E-state index in [0.29, 0.717) is 30.7 Å². The predicted molar refractivity (Wildman–Crippen MR) is 82.0 cm³/mol. The quantitative estimate of drug-likeness (QED) is 0.768. The fraction of sp³-hybridized carbons (Fsp3) is 0.429. The van der Waals surface area contributed by atoms with E-state index in [9.17, 15) is 0 Å². The summed E-state index contributed by atoms with van der Waals surface area (Å²) in [5, 5.41) is 3.92. The van der Waals surface area contributed by atoms with Crippen molar-refractivity contribution in [2.45, 2.75) is 19.4 Å². The van der Waals surface area contributed by atoms with Crippen molar-refractivity contribution < 1.29 is 14.0 Å². The Hall–Kier alpha value is -1.44. The standard InChI is InChI=1S/C14H18BrN3O3/c1-3-6-20-8-12(16)13-17-14(21-18-13)10-7-9(19-2)4-5-11(10)15/h4-5,7,12H,3,6,8,16H2,1-2H3. The summed E-state index contributed by atoms with van der Waals surface area (Å²) in [5.74, 6) is 1.53. The van der Waals surface area contributed by atoms with Crippen LogP contribution in [-0.4, -0.2) is 30.5 Å². The summed E-state index contributed by atoms with van der Waals surface area (Å²) < 4.78 is 16.7. The first kappa shape index (κ1) is 15.9. The van der Waals surface area contributed by atoms with Gasteiger partial charge in [0, 0.05) is 11.1 Å². The van der Waals surface area contributed by atoms with E-state index in [0.717, 1.165) is 16.5 Å². The number of benzene rings is 1. The normalized spacial score (nSPS) is 12.4. The fourth-order valence-electron chi connectivity index (χ4n) is 1.72. The largest absolute Gasteiger partial charge is 0.497 e. The Morgan fingerprint density at radius 1 is 1.43 bits per heavy atom. The first-order valence-corrected chi connectivity index (χ1v) is 7.45. The van der Waals surface area contributed by atoms with Crippen molar-refractivity contribution in [1.82, 2.24) is 10.1 Å². The molecule has 0 amide bonds. The van der Waals surface area contributed by atoms with Gasteiger partial charge < -0.3 is 19.7 Å². The van der Waals surface area contributed by atoms with Gasteiger partial charge in [0.2, 0.25) is 0 Å². The molecule has 2 N–H and O–H groups in total. The fourth-order valence-corrected chi connectivity index (χ4v) is 2.14. The van der Waals surface area contributed by atoms with E-state index in [1.165, 1.54) is 0 Å². The topological polar surface area (TPSA) is 83.4 Å². The van der Waals surface area contributed by atoms with E-state index in [4.69, 9.17) is 19.7 Å². The highest BCUT2D eigenvalue weighted by molar-refractivity contribution is 9.10. The van der Waals surface area contributed by atoms with E-state index < -0.39 is 6.04 Å². The lowest BCUT2D eigenvalue weighted by Crippen LogP contribution is -2.18. The molecule has 0 aliphatic heterocycles. The summed E-state index contributed by atoms with van der Waals surface area (Å²) in [6, 6.07) is 5.12. The Bertz CT molecular complexity index is 589. The lowest BCUT2D eigenvalue weighted by molar-refractivity contribution is 0.119. The summed E-state index contributed by atoms with van der Waals surface area (Å²) in [4.78, 5) is 4.33. The maximum absolute atomic E-state index is 5.97. The molecule has 0 aliphatic carbocycles. The highest BCUT2D eigenvalue weighted by Crippen LogP contribution is 2.31. The zero-order valence-corrected chi connectivity index (χ0v) is 13.6. The Morgan fingerprint density at radius 2 is 2.24 bits per heavy atom. The number of aromatic nitrogens is 2. The first-order chi connectivity index (χ1) is 10.2. The molecule has 0 aliphatic rings. The molecule has 1 heterocycles. The third-order valence-electron chi connectivity index (χ3n) is 2.82. The van der Waals surface area contributed by atoms with Crippen molar-refractivity contribution in [3.05, 3.63) is 28.5 Å². The van der Waals surface area contributed by atoms with Gasteiger partial charge in [-0.1, -0.05) is 12.1 Å². The molecule has 2 rings (SSSR count). The Labute approximate surface area is 131 Å². The molecule has 0 bridgehead atoms. The average molecular weight is 356 g/mol. The van der Waals surface area contributed by atoms with Crippen molar-refractivity contribution in [3.63, 3.8) is 0 Å². The summed E-state index contributed by atoms with van der Waals surface area (Å²) in [7, 11) is 1.60. The third kappa shape index (κ3) is 4.03. The average Bonchev–Trinajstić information content (AvgIpc) is 2.97. The SMILES string of the molecule is CCCOCC(N)c1noc(-c2cc(OC)ccc2Br)n1. The van der Waals surface area contributed by atoms with Gasteiger partial charge in [0.1, 0.15) is 5.75 Å². The van der Waals surface area contributed by atoms with E-state index >= 15 is 0 Å². The van der Waals surface area contributed by atoms with Crippen LogP contribution in [0, 0.1) is 0 Å². The van der Waals surface area contributed by atoms with E-state index in [1.807, 2.05) is 25.1 Å². The molecule has 2 aromatic rings. The molecule has 6 nitrogen and oxygen atoms in total. The van der Waals surface area contributed by atoms with E-state index in [1.54, 1.807) is 7.11 Å². The van der Waals surface area contributed by atoms with Crippen LogP contribution in [-0.2, 0) is 4.74 Å². The van der Waals surface area contributed by atoms with Gasteiger partial charge in [-0.3, -0.25) is 0 Å². The van der Waals surface area contributed by atoms with E-state index in [-0.39, 0.29) is 0 Å². The molecule has 0 saturated carbocycles. The molecule has 21 heavy (non-hydrogen) atoms. The van der Waals surface area contributed by atoms with Gasteiger partial charge in [0.25, 0.3) is 5.89 Å². The van der Waals surface area contributed by atoms with Crippen LogP contribution in [0.4, 0.5) is 0 Å². The minimum absolute atomic E-state index is 0.367. The van der Waals surface area contributed by atoms with Gasteiger partial charge in [-0.05, 0) is 40.5 Å². The van der Waals surface area contributed by atoms with Gasteiger partial charge >= 0.3 is 0 Å². The van der Waals surface area contributed by atoms with Gasteiger partial charge in [-0.25, -0.2) is 0 Å². The zero-order chi connectivity index (χ0) is 15.2. The van der Waals surface area contributed by atoms with Crippen molar-refractivity contribution in [3.8, 4) is 17.2 Å². The number of nitrogens with two attached hydrogens (primary N) is 1. The number of ether oxygens (including phenoxy) is 2. The van der Waals surface area contributed by atoms with Crippen LogP contribution in [0.1, 0.15) is 25.2 Å². The monoisotopic (exact) mass is 355 g/mol. The van der Waals surface area contributed by atoms with Crippen molar-refractivity contribution in [2.24, 2.45) is 5.73 Å². The second-order valence-corrected chi connectivity index (χ2v) is 5.34. The highest BCUT2D eigenvalue weighted by atomic mass is 79.9. The third-order valence-corrected chi connectivity index (χ3v) is 3.51. The maximum atomic E-state index is 5.97. The lowest BCUT2D eigenvalue weighted by Gasteiger charge is -2.06. The first-order valence-electron chi connectivity index (χ1n) is 6.66. The summed E-state index contributed by atoms with van der Waals surface area (Å²) in [6.07, 6.45) is 0.945. The minimum Gasteiger partial charge on any atom is -0.497 e. The maximum Gasteiger partial charge on any atom is 0.259 e. The summed E-state index contributed by atoms with van der Waals surface area (Å²) >= 11 is 3.45. The van der Waals surface area contributed by atoms with Gasteiger partial charge in [0.05, 0.1) is 25.3 Å². The molecular formula is C14H18BrN3O3. The Kier molecular flexibility index (Phi) is 5.72. The zero-order valence-electron chi connectivity index (χ0n) is 12.0. The number of hydrogen-bond donors (Lipinski definition) is 1.